The van der Waals surface area contributed by atoms with Gasteiger partial charge in [-0.1, -0.05) is 359 Å². The highest BCUT2D eigenvalue weighted by molar-refractivity contribution is 5.33. The minimum Gasteiger partial charge on any atom is -0.0654 e. The molecule has 0 aliphatic heterocycles. The fraction of sp³-hybridized carbons (Fsp3) is 0.647. The third kappa shape index (κ3) is 33.9. The first kappa shape index (κ1) is 77.2. The van der Waals surface area contributed by atoms with Crippen molar-refractivity contribution < 1.29 is 0 Å². The van der Waals surface area contributed by atoms with E-state index in [-0.39, 0.29) is 10.8 Å². The van der Waals surface area contributed by atoms with Gasteiger partial charge in [0.05, 0.1) is 0 Å². The predicted molar refractivity (Wildman–Crippen MR) is 385 cm³/mol. The Kier molecular flexibility index (Phi) is 36.9. The van der Waals surface area contributed by atoms with Crippen molar-refractivity contribution in [3.05, 3.63) is 176 Å². The number of aryl methyl sites for hydroxylation is 7. The minimum atomic E-state index is 0.251. The molecule has 0 heterocycles. The van der Waals surface area contributed by atoms with Gasteiger partial charge in [-0.15, -0.1) is 0 Å². The lowest BCUT2D eigenvalue weighted by molar-refractivity contribution is 0.0581. The molecule has 8 rings (SSSR count). The Balaban J connectivity index is 0.000000342. The average Bonchev–Trinajstić information content (AvgIpc) is 3.56. The summed E-state index contributed by atoms with van der Waals surface area (Å²) in [6, 6.07) is 41.7. The van der Waals surface area contributed by atoms with Crippen LogP contribution in [-0.2, 0) is 30.1 Å². The van der Waals surface area contributed by atoms with Crippen molar-refractivity contribution in [2.75, 3.05) is 0 Å². The number of hydrogen-bond donors (Lipinski definition) is 0. The first-order valence-electron chi connectivity index (χ1n) is 35.4. The van der Waals surface area contributed by atoms with Crippen molar-refractivity contribution in [2.45, 2.75) is 317 Å². The third-order valence-corrected chi connectivity index (χ3v) is 19.0. The van der Waals surface area contributed by atoms with E-state index >= 15 is 0 Å². The first-order chi connectivity index (χ1) is 40.0. The average molecular weight is 1160 g/mol. The zero-order valence-corrected chi connectivity index (χ0v) is 60.3. The smallest absolute Gasteiger partial charge is 0.00258 e. The lowest BCUT2D eigenvalue weighted by Gasteiger charge is -2.45. The Hall–Kier alpha value is -3.90. The maximum absolute atomic E-state index is 2.46. The van der Waals surface area contributed by atoms with E-state index in [1.807, 2.05) is 0 Å². The van der Waals surface area contributed by atoms with E-state index in [9.17, 15) is 0 Å². The van der Waals surface area contributed by atoms with Crippen LogP contribution in [0.25, 0.3) is 0 Å². The molecule has 2 unspecified atom stereocenters. The van der Waals surface area contributed by atoms with Crippen molar-refractivity contribution in [3.8, 4) is 0 Å². The van der Waals surface area contributed by atoms with Crippen LogP contribution in [0.4, 0.5) is 0 Å². The molecule has 0 bridgehead atoms. The standard InChI is InChI=1S/C15H28.C15H16.C14H22.C12H24.C12H18.C9H12.C8H18/c2*1-12-3-7-14(8-4-12)11-15-9-5-13(2)6-10-15;1-13(2,3)11-8-7-9-12(10-11)14(4,5)6;1-6-12(5)8-10(2)7-11(3,4)9-12;1-3-7-11-9-5-6-10-12(11)8-4-2;1-7-4-5-8(2)9(3)6-7;1-3-5-7-8-6-4-2/h12-15H,3-11H2,1-2H3;3-10H,11H2,1-2H3;7-10H,1-6H3;10H,6-9H2,1-5H3;5-6,9-10H,3-4,7-8H2,1-2H3;4-6H,1-3H3;3-8H2,1-2H3. The van der Waals surface area contributed by atoms with Crippen molar-refractivity contribution in [3.63, 3.8) is 0 Å². The van der Waals surface area contributed by atoms with Crippen LogP contribution in [0.5, 0.6) is 0 Å². The van der Waals surface area contributed by atoms with Gasteiger partial charge in [0.25, 0.3) is 0 Å². The van der Waals surface area contributed by atoms with E-state index in [4.69, 9.17) is 0 Å². The van der Waals surface area contributed by atoms with Gasteiger partial charge >= 0.3 is 0 Å². The van der Waals surface area contributed by atoms with Crippen LogP contribution in [-0.4, -0.2) is 0 Å². The summed E-state index contributed by atoms with van der Waals surface area (Å²) in [4.78, 5) is 0. The van der Waals surface area contributed by atoms with Crippen LogP contribution < -0.4 is 0 Å². The van der Waals surface area contributed by atoms with E-state index in [1.165, 1.54) is 191 Å². The van der Waals surface area contributed by atoms with Crippen LogP contribution in [0.3, 0.4) is 0 Å². The normalized spacial score (nSPS) is 20.7. The molecule has 3 fully saturated rings. The van der Waals surface area contributed by atoms with Gasteiger partial charge in [0.2, 0.25) is 0 Å². The number of benzene rings is 5. The summed E-state index contributed by atoms with van der Waals surface area (Å²) >= 11 is 0. The summed E-state index contributed by atoms with van der Waals surface area (Å²) < 4.78 is 0. The second-order valence-corrected chi connectivity index (χ2v) is 31.0. The summed E-state index contributed by atoms with van der Waals surface area (Å²) in [5.41, 5.74) is 17.2. The second-order valence-electron chi connectivity index (χ2n) is 31.0. The van der Waals surface area contributed by atoms with E-state index in [0.717, 1.165) is 36.0 Å². The fourth-order valence-electron chi connectivity index (χ4n) is 13.5. The summed E-state index contributed by atoms with van der Waals surface area (Å²) in [7, 11) is 0. The molecule has 478 valence electrons. The molecule has 0 spiro atoms. The predicted octanol–water partition coefficient (Wildman–Crippen LogP) is 27.0. The molecule has 5 aromatic carbocycles. The summed E-state index contributed by atoms with van der Waals surface area (Å²) in [5, 5.41) is 0. The van der Waals surface area contributed by atoms with Gasteiger partial charge < -0.3 is 0 Å². The van der Waals surface area contributed by atoms with Gasteiger partial charge in [0, 0.05) is 0 Å². The van der Waals surface area contributed by atoms with Crippen molar-refractivity contribution in [1.29, 1.82) is 0 Å². The molecule has 0 amide bonds. The van der Waals surface area contributed by atoms with Gasteiger partial charge in [0.15, 0.2) is 0 Å². The SMILES string of the molecule is CC(C)(C)c1cccc(C(C)(C)C)c1.CC1CCC(CC2CCC(C)CC2)CC1.CCC1(C)CC(C)CC(C)(C)C1.CCCCCCCC.CCCc1ccccc1CCC.Cc1ccc(C)c(C)c1.Cc1ccc(Cc2ccc(C)cc2)cc1. The van der Waals surface area contributed by atoms with Gasteiger partial charge in [-0.25, -0.2) is 0 Å². The molecular formula is C85H138. The molecule has 0 heteroatoms. The first-order valence-corrected chi connectivity index (χ1v) is 35.4. The molecule has 5 aromatic rings. The molecule has 3 aliphatic rings. The summed E-state index contributed by atoms with van der Waals surface area (Å²) in [6.45, 7) is 50.1. The van der Waals surface area contributed by atoms with Crippen LogP contribution in [0.15, 0.2) is 115 Å². The van der Waals surface area contributed by atoms with Gasteiger partial charge in [0.1, 0.15) is 0 Å². The van der Waals surface area contributed by atoms with E-state index < -0.39 is 0 Å². The quantitative estimate of drug-likeness (QED) is 0.0972. The largest absolute Gasteiger partial charge is 0.0654 e. The molecule has 0 radical (unpaired) electrons. The number of unbranched alkanes of at least 4 members (excludes halogenated alkanes) is 5. The molecule has 85 heavy (non-hydrogen) atoms. The molecule has 0 N–H and O–H groups in total. The highest BCUT2D eigenvalue weighted by Crippen LogP contribution is 2.50. The van der Waals surface area contributed by atoms with Crippen molar-refractivity contribution >= 4 is 0 Å². The van der Waals surface area contributed by atoms with E-state index in [1.54, 1.807) is 17.5 Å². The maximum atomic E-state index is 2.46. The molecule has 3 saturated carbocycles. The third-order valence-electron chi connectivity index (χ3n) is 19.0. The van der Waals surface area contributed by atoms with Crippen molar-refractivity contribution in [1.82, 2.24) is 0 Å². The number of hydrogen-bond acceptors (Lipinski definition) is 0. The van der Waals surface area contributed by atoms with Crippen LogP contribution in [0, 0.1) is 75.0 Å². The Bertz CT molecular complexity index is 2320. The fourth-order valence-corrected chi connectivity index (χ4v) is 13.5. The van der Waals surface area contributed by atoms with Crippen LogP contribution >= 0.6 is 0 Å². The number of rotatable bonds is 14. The van der Waals surface area contributed by atoms with Gasteiger partial charge in [-0.2, -0.15) is 0 Å². The summed E-state index contributed by atoms with van der Waals surface area (Å²) in [5.74, 6) is 5.16. The van der Waals surface area contributed by atoms with Crippen LogP contribution in [0.2, 0.25) is 0 Å². The van der Waals surface area contributed by atoms with Crippen LogP contribution in [0.1, 0.15) is 314 Å². The zero-order chi connectivity index (χ0) is 63.6. The molecule has 0 aromatic heterocycles. The van der Waals surface area contributed by atoms with Crippen molar-refractivity contribution in [2.24, 2.45) is 40.4 Å². The zero-order valence-electron chi connectivity index (χ0n) is 60.3. The Morgan fingerprint density at radius 3 is 1.16 bits per heavy atom. The highest BCUT2D eigenvalue weighted by Gasteiger charge is 2.38. The minimum absolute atomic E-state index is 0.251. The Morgan fingerprint density at radius 1 is 0.412 bits per heavy atom. The molecule has 3 aliphatic carbocycles. The Morgan fingerprint density at radius 2 is 0.824 bits per heavy atom. The Labute approximate surface area is 531 Å². The lowest BCUT2D eigenvalue weighted by atomic mass is 9.60. The molecule has 0 nitrogen and oxygen atoms in total. The molecule has 0 saturated heterocycles. The monoisotopic (exact) mass is 1160 g/mol. The van der Waals surface area contributed by atoms with Gasteiger partial charge in [-0.05, 0) is 175 Å². The maximum Gasteiger partial charge on any atom is -0.00258 e. The lowest BCUT2D eigenvalue weighted by Crippen LogP contribution is -2.34. The summed E-state index contributed by atoms with van der Waals surface area (Å²) in [6.07, 6.45) is 33.8. The highest BCUT2D eigenvalue weighted by atomic mass is 14.4. The molecular weight excluding hydrogens is 1020 g/mol. The second kappa shape index (κ2) is 40.6. The van der Waals surface area contributed by atoms with Gasteiger partial charge in [-0.3, -0.25) is 0 Å². The van der Waals surface area contributed by atoms with E-state index in [0.29, 0.717) is 10.8 Å². The topological polar surface area (TPSA) is 0 Å². The van der Waals surface area contributed by atoms with E-state index in [2.05, 4.69) is 268 Å². The molecule has 2 atom stereocenters.